The molecule has 1 N–H and O–H groups in total. The molecule has 0 aromatic heterocycles. The molecule has 0 spiro atoms. The molecule has 0 aliphatic heterocycles. The number of carbonyl (C=O) groups is 2. The average Bonchev–Trinajstić information content (AvgIpc) is 2.86. The lowest BCUT2D eigenvalue weighted by Gasteiger charge is -2.32. The largest absolute Gasteiger partial charge is 0.482 e. The van der Waals surface area contributed by atoms with Crippen molar-refractivity contribution in [1.29, 1.82) is 0 Å². The minimum Gasteiger partial charge on any atom is -0.482 e. The Bertz CT molecular complexity index is 1170. The summed E-state index contributed by atoms with van der Waals surface area (Å²) in [7, 11) is 0. The molecule has 1 unspecified atom stereocenters. The van der Waals surface area contributed by atoms with Gasteiger partial charge >= 0.3 is 0 Å². The Morgan fingerprint density at radius 1 is 0.972 bits per heavy atom. The van der Waals surface area contributed by atoms with Crippen LogP contribution in [-0.2, 0) is 22.6 Å². The van der Waals surface area contributed by atoms with Crippen molar-refractivity contribution >= 4 is 62.5 Å². The van der Waals surface area contributed by atoms with Crippen LogP contribution in [0.1, 0.15) is 24.5 Å². The molecule has 0 saturated heterocycles. The van der Waals surface area contributed by atoms with Crippen molar-refractivity contribution in [2.24, 2.45) is 0 Å². The molecular formula is C27H26BrCl3N2O3. The summed E-state index contributed by atoms with van der Waals surface area (Å²) in [5.74, 6) is -0.310. The van der Waals surface area contributed by atoms with Crippen LogP contribution in [0, 0.1) is 0 Å². The van der Waals surface area contributed by atoms with Gasteiger partial charge in [0.05, 0.1) is 5.02 Å². The van der Waals surface area contributed by atoms with Gasteiger partial charge in [0.25, 0.3) is 5.91 Å². The number of benzene rings is 3. The van der Waals surface area contributed by atoms with Crippen molar-refractivity contribution in [3.8, 4) is 5.75 Å². The Labute approximate surface area is 234 Å². The van der Waals surface area contributed by atoms with Gasteiger partial charge in [-0.1, -0.05) is 94.1 Å². The summed E-state index contributed by atoms with van der Waals surface area (Å²) in [6.07, 6.45) is 1.07. The van der Waals surface area contributed by atoms with E-state index in [1.807, 2.05) is 37.3 Å². The lowest BCUT2D eigenvalue weighted by Crippen LogP contribution is -2.51. The number of amides is 2. The SMILES string of the molecule is CCCNC(=O)C(Cc1ccccc1)N(Cc1c(Cl)cccc1Cl)C(=O)COc1ccc(Br)cc1Cl. The van der Waals surface area contributed by atoms with Crippen LogP contribution < -0.4 is 10.1 Å². The highest BCUT2D eigenvalue weighted by atomic mass is 79.9. The summed E-state index contributed by atoms with van der Waals surface area (Å²) in [4.78, 5) is 28.4. The molecule has 0 saturated carbocycles. The van der Waals surface area contributed by atoms with Crippen molar-refractivity contribution in [1.82, 2.24) is 10.2 Å². The molecule has 1 atom stereocenters. The Balaban J connectivity index is 1.95. The highest BCUT2D eigenvalue weighted by Gasteiger charge is 2.31. The molecule has 5 nitrogen and oxygen atoms in total. The second-order valence-corrected chi connectivity index (χ2v) is 10.2. The summed E-state index contributed by atoms with van der Waals surface area (Å²) in [6.45, 7) is 2.17. The van der Waals surface area contributed by atoms with Gasteiger partial charge in [-0.25, -0.2) is 0 Å². The van der Waals surface area contributed by atoms with Gasteiger partial charge in [-0.05, 0) is 42.3 Å². The molecule has 3 rings (SSSR count). The first-order chi connectivity index (χ1) is 17.3. The molecule has 190 valence electrons. The molecule has 3 aromatic rings. The number of carbonyl (C=O) groups excluding carboxylic acids is 2. The second kappa shape index (κ2) is 13.9. The van der Waals surface area contributed by atoms with Crippen LogP contribution in [0.15, 0.2) is 71.2 Å². The van der Waals surface area contributed by atoms with Gasteiger partial charge in [0.1, 0.15) is 11.8 Å². The number of ether oxygens (including phenoxy) is 1. The first-order valence-electron chi connectivity index (χ1n) is 11.4. The highest BCUT2D eigenvalue weighted by Crippen LogP contribution is 2.29. The molecule has 0 fully saturated rings. The summed E-state index contributed by atoms with van der Waals surface area (Å²) in [6, 6.07) is 19.0. The van der Waals surface area contributed by atoms with Crippen LogP contribution >= 0.6 is 50.7 Å². The molecule has 36 heavy (non-hydrogen) atoms. The van der Waals surface area contributed by atoms with Gasteiger partial charge in [-0.2, -0.15) is 0 Å². The third kappa shape index (κ3) is 7.87. The predicted octanol–water partition coefficient (Wildman–Crippen LogP) is 6.95. The standard InChI is InChI=1S/C27H26BrCl3N2O3/c1-2-13-32-27(35)24(14-18-7-4-3-5-8-18)33(16-20-21(29)9-6-10-22(20)30)26(34)17-36-25-12-11-19(28)15-23(25)31/h3-12,15,24H,2,13-14,16-17H2,1H3,(H,32,35). The maximum atomic E-state index is 13.6. The zero-order valence-electron chi connectivity index (χ0n) is 19.6. The van der Waals surface area contributed by atoms with E-state index in [4.69, 9.17) is 39.5 Å². The first-order valence-corrected chi connectivity index (χ1v) is 13.3. The monoisotopic (exact) mass is 610 g/mol. The summed E-state index contributed by atoms with van der Waals surface area (Å²) in [5.41, 5.74) is 1.46. The van der Waals surface area contributed by atoms with Gasteiger partial charge in [-0.15, -0.1) is 0 Å². The van der Waals surface area contributed by atoms with Crippen LogP contribution in [-0.4, -0.2) is 35.9 Å². The normalized spacial score (nSPS) is 11.6. The van der Waals surface area contributed by atoms with Crippen LogP contribution in [0.25, 0.3) is 0 Å². The van der Waals surface area contributed by atoms with Crippen molar-refractivity contribution in [2.75, 3.05) is 13.2 Å². The van der Waals surface area contributed by atoms with E-state index in [9.17, 15) is 9.59 Å². The predicted molar refractivity (Wildman–Crippen MR) is 149 cm³/mol. The fourth-order valence-corrected chi connectivity index (χ4v) is 4.83. The van der Waals surface area contributed by atoms with E-state index in [0.717, 1.165) is 16.5 Å². The van der Waals surface area contributed by atoms with Crippen LogP contribution in [0.3, 0.4) is 0 Å². The molecule has 0 bridgehead atoms. The average molecular weight is 613 g/mol. The van der Waals surface area contributed by atoms with Gasteiger partial charge < -0.3 is 15.0 Å². The van der Waals surface area contributed by atoms with Gasteiger partial charge in [0, 0.05) is 39.6 Å². The number of nitrogens with zero attached hydrogens (tertiary/aromatic N) is 1. The summed E-state index contributed by atoms with van der Waals surface area (Å²) >= 11 is 22.5. The fraction of sp³-hybridized carbons (Fsp3) is 0.259. The Kier molecular flexibility index (Phi) is 10.9. The van der Waals surface area contributed by atoms with Crippen LogP contribution in [0.4, 0.5) is 0 Å². The Morgan fingerprint density at radius 2 is 1.67 bits per heavy atom. The number of hydrogen-bond donors (Lipinski definition) is 1. The molecule has 2 amide bonds. The third-order valence-corrected chi connectivity index (χ3v) is 6.95. The molecular weight excluding hydrogens is 587 g/mol. The Hall–Kier alpha value is -2.25. The number of hydrogen-bond acceptors (Lipinski definition) is 3. The van der Waals surface area contributed by atoms with Gasteiger partial charge in [0.15, 0.2) is 6.61 Å². The lowest BCUT2D eigenvalue weighted by molar-refractivity contribution is -0.142. The molecule has 3 aromatic carbocycles. The number of halogens is 4. The van der Waals surface area contributed by atoms with E-state index < -0.39 is 11.9 Å². The fourth-order valence-electron chi connectivity index (χ4n) is 3.59. The van der Waals surface area contributed by atoms with E-state index in [0.29, 0.717) is 39.3 Å². The third-order valence-electron chi connectivity index (χ3n) is 5.46. The zero-order valence-corrected chi connectivity index (χ0v) is 23.5. The number of rotatable bonds is 11. The summed E-state index contributed by atoms with van der Waals surface area (Å²) < 4.78 is 6.54. The molecule has 0 heterocycles. The topological polar surface area (TPSA) is 58.6 Å². The van der Waals surface area contributed by atoms with Gasteiger partial charge in [-0.3, -0.25) is 9.59 Å². The number of nitrogens with one attached hydrogen (secondary N) is 1. The second-order valence-electron chi connectivity index (χ2n) is 8.08. The zero-order chi connectivity index (χ0) is 26.1. The van der Waals surface area contributed by atoms with E-state index in [2.05, 4.69) is 21.2 Å². The van der Waals surface area contributed by atoms with E-state index >= 15 is 0 Å². The molecule has 0 aliphatic carbocycles. The smallest absolute Gasteiger partial charge is 0.261 e. The van der Waals surface area contributed by atoms with Crippen molar-refractivity contribution in [3.63, 3.8) is 0 Å². The van der Waals surface area contributed by atoms with Gasteiger partial charge in [0.2, 0.25) is 5.91 Å². The first kappa shape index (κ1) is 28.3. The highest BCUT2D eigenvalue weighted by molar-refractivity contribution is 9.10. The maximum absolute atomic E-state index is 13.6. The lowest BCUT2D eigenvalue weighted by atomic mass is 10.0. The van der Waals surface area contributed by atoms with Crippen LogP contribution in [0.2, 0.25) is 15.1 Å². The van der Waals surface area contributed by atoms with E-state index in [1.165, 1.54) is 4.90 Å². The molecule has 0 aliphatic rings. The van der Waals surface area contributed by atoms with Crippen molar-refractivity contribution in [2.45, 2.75) is 32.4 Å². The molecule has 0 radical (unpaired) electrons. The Morgan fingerprint density at radius 3 is 2.31 bits per heavy atom. The summed E-state index contributed by atoms with van der Waals surface area (Å²) in [5, 5.41) is 4.10. The molecule has 9 heteroatoms. The van der Waals surface area contributed by atoms with Crippen molar-refractivity contribution < 1.29 is 14.3 Å². The maximum Gasteiger partial charge on any atom is 0.261 e. The minimum atomic E-state index is -0.817. The minimum absolute atomic E-state index is 0.0335. The van der Waals surface area contributed by atoms with Crippen LogP contribution in [0.5, 0.6) is 5.75 Å². The van der Waals surface area contributed by atoms with Crippen molar-refractivity contribution in [3.05, 3.63) is 97.4 Å². The quantitative estimate of drug-likeness (QED) is 0.255. The van der Waals surface area contributed by atoms with E-state index in [-0.39, 0.29) is 19.1 Å². The van der Waals surface area contributed by atoms with E-state index in [1.54, 1.807) is 36.4 Å².